The molecule has 7 heteroatoms. The molecule has 2 saturated heterocycles. The fourth-order valence-electron chi connectivity index (χ4n) is 6.00. The van der Waals surface area contributed by atoms with Crippen molar-refractivity contribution in [1.82, 2.24) is 20.5 Å². The lowest BCUT2D eigenvalue weighted by atomic mass is 9.83. The standard InChI is InChI=1S/C27H31N5O2/c1-34-26-14-18(9-10-28-26)17-7-8-23(25(33)13-17)24-12-19-4-3-11-32(27(19)31-30-24)22-15-20-5-2-6-21(16-22)29-20/h7-10,12-14,20-22,29,33H,2-6,11,15-16H2,1H3/t20-,21+,22-. The van der Waals surface area contributed by atoms with E-state index in [2.05, 4.69) is 26.4 Å². The number of aryl methyl sites for hydroxylation is 1. The van der Waals surface area contributed by atoms with Crippen molar-refractivity contribution in [3.05, 3.63) is 48.2 Å². The fraction of sp³-hybridized carbons (Fsp3) is 0.444. The van der Waals surface area contributed by atoms with E-state index < -0.39 is 0 Å². The van der Waals surface area contributed by atoms with Crippen LogP contribution in [0.15, 0.2) is 42.6 Å². The normalized spacial score (nSPS) is 23.9. The Morgan fingerprint density at radius 1 is 1.00 bits per heavy atom. The zero-order valence-corrected chi connectivity index (χ0v) is 19.6. The minimum absolute atomic E-state index is 0.196. The first-order valence-electron chi connectivity index (χ1n) is 12.4. The molecule has 3 aliphatic heterocycles. The zero-order valence-electron chi connectivity index (χ0n) is 19.6. The lowest BCUT2D eigenvalue weighted by Crippen LogP contribution is -2.55. The Hall–Kier alpha value is -3.19. The van der Waals surface area contributed by atoms with Crippen LogP contribution in [0.2, 0.25) is 0 Å². The van der Waals surface area contributed by atoms with Crippen LogP contribution in [0.4, 0.5) is 5.82 Å². The van der Waals surface area contributed by atoms with Crippen LogP contribution in [0.25, 0.3) is 22.4 Å². The number of piperidine rings is 2. The van der Waals surface area contributed by atoms with Gasteiger partial charge in [-0.25, -0.2) is 4.98 Å². The monoisotopic (exact) mass is 457 g/mol. The summed E-state index contributed by atoms with van der Waals surface area (Å²) in [7, 11) is 1.60. The van der Waals surface area contributed by atoms with Gasteiger partial charge in [-0.15, -0.1) is 10.2 Å². The number of nitrogens with zero attached hydrogens (tertiary/aromatic N) is 4. The second-order valence-corrected chi connectivity index (χ2v) is 9.81. The summed E-state index contributed by atoms with van der Waals surface area (Å²) in [5.74, 6) is 1.78. The highest BCUT2D eigenvalue weighted by molar-refractivity contribution is 5.75. The van der Waals surface area contributed by atoms with Crippen molar-refractivity contribution >= 4 is 5.82 Å². The molecule has 5 heterocycles. The molecule has 0 amide bonds. The molecule has 3 atom stereocenters. The van der Waals surface area contributed by atoms with Crippen molar-refractivity contribution in [2.45, 2.75) is 63.1 Å². The number of fused-ring (bicyclic) bond motifs is 3. The van der Waals surface area contributed by atoms with Gasteiger partial charge in [-0.05, 0) is 79.5 Å². The van der Waals surface area contributed by atoms with Crippen LogP contribution >= 0.6 is 0 Å². The Kier molecular flexibility index (Phi) is 5.57. The van der Waals surface area contributed by atoms with Gasteiger partial charge in [-0.2, -0.15) is 0 Å². The van der Waals surface area contributed by atoms with E-state index in [1.807, 2.05) is 24.3 Å². The summed E-state index contributed by atoms with van der Waals surface area (Å²) in [4.78, 5) is 6.67. The van der Waals surface area contributed by atoms with E-state index in [9.17, 15) is 5.11 Å². The molecular weight excluding hydrogens is 426 g/mol. The van der Waals surface area contributed by atoms with Crippen molar-refractivity contribution in [1.29, 1.82) is 0 Å². The van der Waals surface area contributed by atoms with Gasteiger partial charge in [0.15, 0.2) is 5.82 Å². The molecule has 0 unspecified atom stereocenters. The highest BCUT2D eigenvalue weighted by atomic mass is 16.5. The Morgan fingerprint density at radius 2 is 1.82 bits per heavy atom. The maximum Gasteiger partial charge on any atom is 0.213 e. The number of ether oxygens (including phenoxy) is 1. The van der Waals surface area contributed by atoms with E-state index in [1.165, 1.54) is 37.7 Å². The molecule has 3 aromatic rings. The van der Waals surface area contributed by atoms with E-state index in [-0.39, 0.29) is 5.75 Å². The number of methoxy groups -OCH3 is 1. The Bertz CT molecular complexity index is 1190. The molecule has 2 N–H and O–H groups in total. The molecule has 34 heavy (non-hydrogen) atoms. The SMILES string of the molecule is COc1cc(-c2ccc(-c3cc4c(nn3)N([C@@H]3C[C@H]5CCC[C@@H](C3)N5)CCC4)c(O)c2)ccn1. The van der Waals surface area contributed by atoms with Crippen LogP contribution in [-0.2, 0) is 6.42 Å². The maximum atomic E-state index is 10.9. The molecule has 0 saturated carbocycles. The van der Waals surface area contributed by atoms with Gasteiger partial charge >= 0.3 is 0 Å². The van der Waals surface area contributed by atoms with Gasteiger partial charge in [0, 0.05) is 42.5 Å². The van der Waals surface area contributed by atoms with Gasteiger partial charge in [0.25, 0.3) is 0 Å². The average molecular weight is 458 g/mol. The first kappa shape index (κ1) is 21.4. The molecule has 0 aliphatic carbocycles. The average Bonchev–Trinajstić information content (AvgIpc) is 2.87. The quantitative estimate of drug-likeness (QED) is 0.603. The minimum atomic E-state index is 0.196. The molecule has 6 rings (SSSR count). The number of rotatable bonds is 4. The molecule has 2 fully saturated rings. The molecule has 2 aromatic heterocycles. The zero-order chi connectivity index (χ0) is 23.1. The first-order valence-corrected chi connectivity index (χ1v) is 12.4. The highest BCUT2D eigenvalue weighted by Gasteiger charge is 2.36. The summed E-state index contributed by atoms with van der Waals surface area (Å²) in [6.07, 6.45) is 10.2. The van der Waals surface area contributed by atoms with E-state index in [0.29, 0.717) is 29.6 Å². The third kappa shape index (κ3) is 3.98. The Labute approximate surface area is 200 Å². The van der Waals surface area contributed by atoms with Gasteiger partial charge in [-0.3, -0.25) is 0 Å². The van der Waals surface area contributed by atoms with E-state index in [4.69, 9.17) is 9.84 Å². The van der Waals surface area contributed by atoms with E-state index in [0.717, 1.165) is 42.0 Å². The summed E-state index contributed by atoms with van der Waals surface area (Å²) in [5.41, 5.74) is 4.50. The summed E-state index contributed by atoms with van der Waals surface area (Å²) < 4.78 is 5.23. The summed E-state index contributed by atoms with van der Waals surface area (Å²) in [6.45, 7) is 1.06. The number of hydrogen-bond donors (Lipinski definition) is 2. The topological polar surface area (TPSA) is 83.4 Å². The molecule has 0 radical (unpaired) electrons. The number of benzene rings is 1. The van der Waals surface area contributed by atoms with Gasteiger partial charge < -0.3 is 20.1 Å². The second-order valence-electron chi connectivity index (χ2n) is 9.81. The molecule has 1 aromatic carbocycles. The number of nitrogens with one attached hydrogen (secondary N) is 1. The number of hydrogen-bond acceptors (Lipinski definition) is 7. The number of aromatic nitrogens is 3. The van der Waals surface area contributed by atoms with E-state index in [1.54, 1.807) is 19.4 Å². The summed E-state index contributed by atoms with van der Waals surface area (Å²) in [6, 6.07) is 13.4. The highest BCUT2D eigenvalue weighted by Crippen LogP contribution is 2.37. The molecule has 2 bridgehead atoms. The molecule has 7 nitrogen and oxygen atoms in total. The number of phenolic OH excluding ortho intramolecular Hbond substituents is 1. The molecule has 0 spiro atoms. The van der Waals surface area contributed by atoms with Crippen LogP contribution in [0, 0.1) is 0 Å². The third-order valence-electron chi connectivity index (χ3n) is 7.65. The second kappa shape index (κ2) is 8.87. The number of anilines is 1. The third-order valence-corrected chi connectivity index (χ3v) is 7.65. The van der Waals surface area contributed by atoms with Crippen LogP contribution in [-0.4, -0.2) is 52.1 Å². The maximum absolute atomic E-state index is 10.9. The van der Waals surface area contributed by atoms with Crippen LogP contribution in [0.5, 0.6) is 11.6 Å². The van der Waals surface area contributed by atoms with Crippen molar-refractivity contribution in [3.8, 4) is 34.0 Å². The van der Waals surface area contributed by atoms with Gasteiger partial charge in [0.2, 0.25) is 5.88 Å². The Morgan fingerprint density at radius 3 is 2.62 bits per heavy atom. The minimum Gasteiger partial charge on any atom is -0.507 e. The van der Waals surface area contributed by atoms with Gasteiger partial charge in [0.05, 0.1) is 12.8 Å². The number of pyridine rings is 1. The predicted octanol–water partition coefficient (Wildman–Crippen LogP) is 4.35. The van der Waals surface area contributed by atoms with Crippen LogP contribution < -0.4 is 15.0 Å². The predicted molar refractivity (Wildman–Crippen MR) is 132 cm³/mol. The smallest absolute Gasteiger partial charge is 0.213 e. The van der Waals surface area contributed by atoms with Gasteiger partial charge in [-0.1, -0.05) is 12.5 Å². The number of aromatic hydroxyl groups is 1. The van der Waals surface area contributed by atoms with Crippen LogP contribution in [0.1, 0.15) is 44.1 Å². The number of phenols is 1. The van der Waals surface area contributed by atoms with Crippen molar-refractivity contribution in [2.24, 2.45) is 0 Å². The van der Waals surface area contributed by atoms with Crippen LogP contribution in [0.3, 0.4) is 0 Å². The lowest BCUT2D eigenvalue weighted by Gasteiger charge is -2.46. The van der Waals surface area contributed by atoms with E-state index >= 15 is 0 Å². The lowest BCUT2D eigenvalue weighted by molar-refractivity contribution is 0.215. The molecule has 176 valence electrons. The largest absolute Gasteiger partial charge is 0.507 e. The molecular formula is C27H31N5O2. The van der Waals surface area contributed by atoms with Crippen molar-refractivity contribution in [3.63, 3.8) is 0 Å². The van der Waals surface area contributed by atoms with Crippen molar-refractivity contribution < 1.29 is 9.84 Å². The fourth-order valence-corrected chi connectivity index (χ4v) is 6.00. The van der Waals surface area contributed by atoms with Gasteiger partial charge in [0.1, 0.15) is 5.75 Å². The first-order chi connectivity index (χ1) is 16.7. The molecule has 3 aliphatic rings. The summed E-state index contributed by atoms with van der Waals surface area (Å²) >= 11 is 0. The Balaban J connectivity index is 1.27. The summed E-state index contributed by atoms with van der Waals surface area (Å²) in [5, 5.41) is 23.9. The van der Waals surface area contributed by atoms with Crippen molar-refractivity contribution in [2.75, 3.05) is 18.6 Å².